The van der Waals surface area contributed by atoms with E-state index in [1.807, 2.05) is 0 Å². The van der Waals surface area contributed by atoms with Gasteiger partial charge in [-0.05, 0) is 55.8 Å². The van der Waals surface area contributed by atoms with Crippen LogP contribution in [0.15, 0.2) is 77.6 Å². The Morgan fingerprint density at radius 3 is 2.29 bits per heavy atom. The second kappa shape index (κ2) is 12.7. The number of benzene rings is 3. The minimum atomic E-state index is -1.39. The molecule has 3 N–H and O–H groups in total. The second-order valence-corrected chi connectivity index (χ2v) is 11.1. The van der Waals surface area contributed by atoms with E-state index < -0.39 is 47.1 Å². The Morgan fingerprint density at radius 1 is 1.00 bits per heavy atom. The number of ketones is 1. The van der Waals surface area contributed by atoms with Crippen molar-refractivity contribution in [2.24, 2.45) is 5.73 Å². The van der Waals surface area contributed by atoms with E-state index in [0.717, 1.165) is 4.68 Å². The molecule has 0 aliphatic carbocycles. The summed E-state index contributed by atoms with van der Waals surface area (Å²) in [5.41, 5.74) is 4.53. The van der Waals surface area contributed by atoms with E-state index >= 15 is 0 Å². The van der Waals surface area contributed by atoms with Crippen molar-refractivity contribution in [2.45, 2.75) is 44.8 Å². The molecule has 0 saturated heterocycles. The van der Waals surface area contributed by atoms with Crippen LogP contribution < -0.4 is 16.7 Å². The molecule has 1 unspecified atom stereocenters. The Bertz CT molecular complexity index is 1700. The van der Waals surface area contributed by atoms with Crippen LogP contribution >= 0.6 is 23.2 Å². The fourth-order valence-electron chi connectivity index (χ4n) is 4.31. The van der Waals surface area contributed by atoms with E-state index in [1.165, 1.54) is 24.5 Å². The van der Waals surface area contributed by atoms with Crippen molar-refractivity contribution < 1.29 is 18.8 Å². The average Bonchev–Trinajstić information content (AvgIpc) is 3.23. The fraction of sp³-hybridized carbons (Fsp3) is 0.233. The van der Waals surface area contributed by atoms with Crippen LogP contribution in [0.3, 0.4) is 0 Å². The molecule has 42 heavy (non-hydrogen) atoms. The number of hydrogen-bond donors (Lipinski definition) is 2. The standard InChI is InChI=1S/C30H28Cl2FN5O4/c1-30(2,28(34)41)35-27(40)23(22-8-4-5-9-24(22)32)15-21(39)17-38-29(42)37(16-19-7-3-6-10-25(19)33)26(36-38)18-11-13-20(31)14-12-18/h3-14,23H,15-17H2,1-2H3,(H2,34,41)(H,35,40). The smallest absolute Gasteiger partial charge is 0.346 e. The molecule has 12 heteroatoms. The fourth-order valence-corrected chi connectivity index (χ4v) is 4.71. The summed E-state index contributed by atoms with van der Waals surface area (Å²) >= 11 is 12.4. The number of halogens is 3. The van der Waals surface area contributed by atoms with Gasteiger partial charge in [-0.25, -0.2) is 13.9 Å². The van der Waals surface area contributed by atoms with Gasteiger partial charge in [-0.2, -0.15) is 0 Å². The predicted molar refractivity (Wildman–Crippen MR) is 158 cm³/mol. The zero-order valence-electron chi connectivity index (χ0n) is 22.8. The van der Waals surface area contributed by atoms with Gasteiger partial charge in [-0.15, -0.1) is 5.10 Å². The van der Waals surface area contributed by atoms with Gasteiger partial charge in [0.25, 0.3) is 0 Å². The van der Waals surface area contributed by atoms with Crippen molar-refractivity contribution >= 4 is 40.8 Å². The van der Waals surface area contributed by atoms with Gasteiger partial charge in [-0.1, -0.05) is 59.6 Å². The SMILES string of the molecule is CC(C)(NC(=O)C(CC(=O)Cn1nc(-c2ccc(Cl)cc2)n(Cc2ccccc2F)c1=O)c1ccccc1Cl)C(N)=O. The van der Waals surface area contributed by atoms with Crippen LogP contribution in [0.2, 0.25) is 10.0 Å². The maximum absolute atomic E-state index is 14.5. The van der Waals surface area contributed by atoms with Crippen LogP contribution in [-0.4, -0.2) is 37.5 Å². The molecule has 0 aliphatic heterocycles. The minimum Gasteiger partial charge on any atom is -0.368 e. The molecule has 0 radical (unpaired) electrons. The third kappa shape index (κ3) is 6.95. The molecule has 0 spiro atoms. The number of hydrogen-bond acceptors (Lipinski definition) is 5. The lowest BCUT2D eigenvalue weighted by Crippen LogP contribution is -2.54. The van der Waals surface area contributed by atoms with E-state index in [4.69, 9.17) is 28.9 Å². The van der Waals surface area contributed by atoms with Crippen LogP contribution in [-0.2, 0) is 27.5 Å². The lowest BCUT2D eigenvalue weighted by Gasteiger charge is -2.26. The highest BCUT2D eigenvalue weighted by molar-refractivity contribution is 6.31. The summed E-state index contributed by atoms with van der Waals surface area (Å²) in [5, 5.41) is 7.69. The first-order chi connectivity index (χ1) is 19.9. The zero-order chi connectivity index (χ0) is 30.6. The highest BCUT2D eigenvalue weighted by atomic mass is 35.5. The number of nitrogens with zero attached hydrogens (tertiary/aromatic N) is 3. The summed E-state index contributed by atoms with van der Waals surface area (Å²) < 4.78 is 16.7. The molecular weight excluding hydrogens is 584 g/mol. The molecule has 9 nitrogen and oxygen atoms in total. The Hall–Kier alpha value is -4.28. The van der Waals surface area contributed by atoms with Gasteiger partial charge in [0.2, 0.25) is 11.8 Å². The number of aromatic nitrogens is 3. The van der Waals surface area contributed by atoms with Crippen molar-refractivity contribution in [3.63, 3.8) is 0 Å². The van der Waals surface area contributed by atoms with Gasteiger partial charge >= 0.3 is 5.69 Å². The zero-order valence-corrected chi connectivity index (χ0v) is 24.3. The monoisotopic (exact) mass is 611 g/mol. The van der Waals surface area contributed by atoms with E-state index in [0.29, 0.717) is 16.1 Å². The molecule has 1 heterocycles. The summed E-state index contributed by atoms with van der Waals surface area (Å²) in [6, 6.07) is 19.1. The van der Waals surface area contributed by atoms with E-state index in [9.17, 15) is 23.6 Å². The topological polar surface area (TPSA) is 129 Å². The molecule has 218 valence electrons. The Kier molecular flexibility index (Phi) is 9.28. The van der Waals surface area contributed by atoms with Crippen molar-refractivity contribution in [2.75, 3.05) is 0 Å². The highest BCUT2D eigenvalue weighted by Crippen LogP contribution is 2.29. The van der Waals surface area contributed by atoms with Crippen LogP contribution in [0.4, 0.5) is 4.39 Å². The number of nitrogens with one attached hydrogen (secondary N) is 1. The van der Waals surface area contributed by atoms with Crippen molar-refractivity contribution in [3.05, 3.63) is 110 Å². The number of primary amides is 1. The number of rotatable bonds is 11. The summed E-state index contributed by atoms with van der Waals surface area (Å²) in [5.74, 6) is -3.29. The van der Waals surface area contributed by atoms with Gasteiger partial charge in [0, 0.05) is 27.6 Å². The van der Waals surface area contributed by atoms with E-state index in [-0.39, 0.29) is 29.4 Å². The molecule has 4 aromatic rings. The van der Waals surface area contributed by atoms with Crippen LogP contribution in [0.1, 0.15) is 37.3 Å². The normalized spacial score (nSPS) is 12.1. The van der Waals surface area contributed by atoms with Gasteiger partial charge in [-0.3, -0.25) is 19.0 Å². The van der Waals surface area contributed by atoms with Crippen LogP contribution in [0, 0.1) is 5.82 Å². The molecule has 1 aromatic heterocycles. The van der Waals surface area contributed by atoms with Gasteiger partial charge in [0.15, 0.2) is 11.6 Å². The van der Waals surface area contributed by atoms with E-state index in [2.05, 4.69) is 10.4 Å². The number of carbonyl (C=O) groups is 3. The van der Waals surface area contributed by atoms with E-state index in [1.54, 1.807) is 66.7 Å². The average molecular weight is 612 g/mol. The molecule has 2 amide bonds. The van der Waals surface area contributed by atoms with Crippen molar-refractivity contribution in [3.8, 4) is 11.4 Å². The minimum absolute atomic E-state index is 0.134. The Labute approximate surface area is 251 Å². The first-order valence-corrected chi connectivity index (χ1v) is 13.7. The molecule has 3 aromatic carbocycles. The molecule has 0 bridgehead atoms. The maximum atomic E-state index is 14.5. The van der Waals surface area contributed by atoms with Crippen molar-refractivity contribution in [1.29, 1.82) is 0 Å². The highest BCUT2D eigenvalue weighted by Gasteiger charge is 2.33. The summed E-state index contributed by atoms with van der Waals surface area (Å²) in [7, 11) is 0. The largest absolute Gasteiger partial charge is 0.368 e. The summed E-state index contributed by atoms with van der Waals surface area (Å²) in [6.07, 6.45) is -0.354. The second-order valence-electron chi connectivity index (χ2n) is 10.2. The Balaban J connectivity index is 1.68. The third-order valence-electron chi connectivity index (χ3n) is 6.72. The lowest BCUT2D eigenvalue weighted by atomic mass is 9.91. The van der Waals surface area contributed by atoms with Gasteiger partial charge in [0.05, 0.1) is 12.5 Å². The van der Waals surface area contributed by atoms with Gasteiger partial charge < -0.3 is 11.1 Å². The number of carbonyl (C=O) groups excluding carboxylic acids is 3. The molecule has 4 rings (SSSR count). The molecule has 0 saturated carbocycles. The molecular formula is C30H28Cl2FN5O4. The third-order valence-corrected chi connectivity index (χ3v) is 7.31. The lowest BCUT2D eigenvalue weighted by molar-refractivity contribution is -0.132. The first-order valence-electron chi connectivity index (χ1n) is 12.9. The maximum Gasteiger partial charge on any atom is 0.346 e. The quantitative estimate of drug-likeness (QED) is 0.261. The molecule has 1 atom stereocenters. The van der Waals surface area contributed by atoms with Crippen LogP contribution in [0.25, 0.3) is 11.4 Å². The van der Waals surface area contributed by atoms with Gasteiger partial charge in [0.1, 0.15) is 17.9 Å². The summed E-state index contributed by atoms with van der Waals surface area (Å²) in [4.78, 5) is 52.0. The number of amides is 2. The number of nitrogens with two attached hydrogens (primary N) is 1. The summed E-state index contributed by atoms with van der Waals surface area (Å²) in [6.45, 7) is 2.28. The van der Waals surface area contributed by atoms with Crippen molar-refractivity contribution in [1.82, 2.24) is 19.7 Å². The molecule has 0 aliphatic rings. The number of Topliss-reactive ketones (excluding diaryl/α,β-unsaturated/α-hetero) is 1. The molecule has 0 fully saturated rings. The first kappa shape index (κ1) is 30.7. The van der Waals surface area contributed by atoms with Crippen LogP contribution in [0.5, 0.6) is 0 Å². The predicted octanol–water partition coefficient (Wildman–Crippen LogP) is 4.33. The Morgan fingerprint density at radius 2 is 1.64 bits per heavy atom.